The van der Waals surface area contributed by atoms with E-state index in [9.17, 15) is 0 Å². The number of hydrogen-bond donors (Lipinski definition) is 2. The van der Waals surface area contributed by atoms with Gasteiger partial charge in [0.05, 0.1) is 0 Å². The van der Waals surface area contributed by atoms with Crippen LogP contribution in [0.3, 0.4) is 0 Å². The highest BCUT2D eigenvalue weighted by Gasteiger charge is 2.04. The van der Waals surface area contributed by atoms with Crippen molar-refractivity contribution in [2.45, 2.75) is 12.5 Å². The number of likely N-dealkylation sites (N-methyl/N-ethyl adjacent to an activating group) is 1. The summed E-state index contributed by atoms with van der Waals surface area (Å²) >= 11 is 0. The lowest BCUT2D eigenvalue weighted by Gasteiger charge is -2.13. The lowest BCUT2D eigenvalue weighted by Crippen LogP contribution is -2.35. The van der Waals surface area contributed by atoms with Gasteiger partial charge >= 0.3 is 0 Å². The van der Waals surface area contributed by atoms with Gasteiger partial charge in [-0.05, 0) is 29.8 Å². The van der Waals surface area contributed by atoms with Gasteiger partial charge in [0.1, 0.15) is 0 Å². The van der Waals surface area contributed by atoms with Gasteiger partial charge in [0, 0.05) is 12.6 Å². The molecule has 1 atom stereocenters. The van der Waals surface area contributed by atoms with Crippen LogP contribution < -0.4 is 11.1 Å². The molecular formula is C14H18N2. The summed E-state index contributed by atoms with van der Waals surface area (Å²) in [4.78, 5) is 0. The maximum absolute atomic E-state index is 5.68. The van der Waals surface area contributed by atoms with E-state index in [-0.39, 0.29) is 0 Å². The van der Waals surface area contributed by atoms with E-state index >= 15 is 0 Å². The van der Waals surface area contributed by atoms with Crippen molar-refractivity contribution < 1.29 is 0 Å². The maximum Gasteiger partial charge on any atom is 0.0227 e. The molecule has 0 amide bonds. The Kier molecular flexibility index (Phi) is 3.54. The molecule has 2 aromatic rings. The average Bonchev–Trinajstić information content (AvgIpc) is 2.35. The van der Waals surface area contributed by atoms with Crippen LogP contribution in [0.15, 0.2) is 42.5 Å². The molecule has 84 valence electrons. The lowest BCUT2D eigenvalue weighted by atomic mass is 10.0. The number of benzene rings is 2. The third-order valence-electron chi connectivity index (χ3n) is 2.99. The van der Waals surface area contributed by atoms with Crippen molar-refractivity contribution in [3.63, 3.8) is 0 Å². The van der Waals surface area contributed by atoms with Crippen LogP contribution in [0.4, 0.5) is 0 Å². The lowest BCUT2D eigenvalue weighted by molar-refractivity contribution is 0.569. The van der Waals surface area contributed by atoms with Gasteiger partial charge in [-0.25, -0.2) is 0 Å². The van der Waals surface area contributed by atoms with Gasteiger partial charge in [0.25, 0.3) is 0 Å². The summed E-state index contributed by atoms with van der Waals surface area (Å²) in [5.41, 5.74) is 7.02. The van der Waals surface area contributed by atoms with Crippen LogP contribution in [0.1, 0.15) is 5.56 Å². The van der Waals surface area contributed by atoms with Gasteiger partial charge in [-0.3, -0.25) is 0 Å². The highest BCUT2D eigenvalue weighted by Crippen LogP contribution is 2.16. The van der Waals surface area contributed by atoms with Crippen molar-refractivity contribution in [1.29, 1.82) is 0 Å². The molecule has 0 saturated carbocycles. The first-order valence-electron chi connectivity index (χ1n) is 5.68. The van der Waals surface area contributed by atoms with E-state index in [2.05, 4.69) is 47.8 Å². The Labute approximate surface area is 96.5 Å². The molecule has 0 aliphatic carbocycles. The largest absolute Gasteiger partial charge is 0.329 e. The second-order valence-corrected chi connectivity index (χ2v) is 4.11. The summed E-state index contributed by atoms with van der Waals surface area (Å²) in [7, 11) is 1.96. The van der Waals surface area contributed by atoms with Crippen LogP contribution in [0.2, 0.25) is 0 Å². The Morgan fingerprint density at radius 1 is 1.12 bits per heavy atom. The number of nitrogens with two attached hydrogens (primary N) is 1. The molecule has 0 saturated heterocycles. The summed E-state index contributed by atoms with van der Waals surface area (Å²) in [6.45, 7) is 0.670. The zero-order valence-corrected chi connectivity index (χ0v) is 9.61. The molecule has 0 aliphatic heterocycles. The van der Waals surface area contributed by atoms with Crippen LogP contribution in [0, 0.1) is 0 Å². The molecule has 0 bridgehead atoms. The van der Waals surface area contributed by atoms with Crippen molar-refractivity contribution in [1.82, 2.24) is 5.32 Å². The van der Waals surface area contributed by atoms with Crippen LogP contribution in [0.5, 0.6) is 0 Å². The molecule has 2 rings (SSSR count). The summed E-state index contributed by atoms with van der Waals surface area (Å²) in [5.74, 6) is 0. The Hall–Kier alpha value is -1.38. The molecular weight excluding hydrogens is 196 g/mol. The molecule has 2 heteroatoms. The first kappa shape index (κ1) is 11.1. The van der Waals surface area contributed by atoms with Crippen molar-refractivity contribution in [2.75, 3.05) is 13.6 Å². The summed E-state index contributed by atoms with van der Waals surface area (Å²) in [5, 5.41) is 5.81. The third-order valence-corrected chi connectivity index (χ3v) is 2.99. The second kappa shape index (κ2) is 5.10. The Morgan fingerprint density at radius 3 is 2.56 bits per heavy atom. The first-order chi connectivity index (χ1) is 7.83. The van der Waals surface area contributed by atoms with E-state index in [0.29, 0.717) is 12.6 Å². The molecule has 3 N–H and O–H groups in total. The van der Waals surface area contributed by atoms with Crippen molar-refractivity contribution in [3.8, 4) is 0 Å². The van der Waals surface area contributed by atoms with E-state index in [1.165, 1.54) is 16.3 Å². The second-order valence-electron chi connectivity index (χ2n) is 4.11. The monoisotopic (exact) mass is 214 g/mol. The van der Waals surface area contributed by atoms with E-state index in [1.807, 2.05) is 7.05 Å². The number of hydrogen-bond acceptors (Lipinski definition) is 2. The fourth-order valence-corrected chi connectivity index (χ4v) is 1.95. The number of fused-ring (bicyclic) bond motifs is 1. The molecule has 0 heterocycles. The molecule has 2 aromatic carbocycles. The van der Waals surface area contributed by atoms with Crippen LogP contribution >= 0.6 is 0 Å². The summed E-state index contributed by atoms with van der Waals surface area (Å²) < 4.78 is 0. The van der Waals surface area contributed by atoms with E-state index in [1.54, 1.807) is 0 Å². The maximum atomic E-state index is 5.68. The zero-order valence-electron chi connectivity index (χ0n) is 9.61. The predicted molar refractivity (Wildman–Crippen MR) is 69.6 cm³/mol. The third kappa shape index (κ3) is 2.40. The zero-order chi connectivity index (χ0) is 11.4. The van der Waals surface area contributed by atoms with Crippen molar-refractivity contribution >= 4 is 10.8 Å². The van der Waals surface area contributed by atoms with Crippen LogP contribution in [-0.2, 0) is 6.42 Å². The minimum atomic E-state index is 0.362. The summed E-state index contributed by atoms with van der Waals surface area (Å²) in [6.07, 6.45) is 0.984. The topological polar surface area (TPSA) is 38.0 Å². The molecule has 0 aromatic heterocycles. The number of rotatable bonds is 4. The minimum absolute atomic E-state index is 0.362. The standard InChI is InChI=1S/C14H18N2/c1-16-14(10-15)9-11-6-7-12-4-2-3-5-13(12)8-11/h2-8,14,16H,9-10,15H2,1H3. The molecule has 1 unspecified atom stereocenters. The molecule has 2 nitrogen and oxygen atoms in total. The quantitative estimate of drug-likeness (QED) is 0.816. The van der Waals surface area contributed by atoms with Crippen molar-refractivity contribution in [2.24, 2.45) is 5.73 Å². The van der Waals surface area contributed by atoms with E-state index in [4.69, 9.17) is 5.73 Å². The van der Waals surface area contributed by atoms with Gasteiger partial charge < -0.3 is 11.1 Å². The first-order valence-corrected chi connectivity index (χ1v) is 5.68. The molecule has 16 heavy (non-hydrogen) atoms. The van der Waals surface area contributed by atoms with Crippen LogP contribution in [-0.4, -0.2) is 19.6 Å². The Balaban J connectivity index is 2.25. The van der Waals surface area contributed by atoms with E-state index < -0.39 is 0 Å². The van der Waals surface area contributed by atoms with Gasteiger partial charge in [0.2, 0.25) is 0 Å². The smallest absolute Gasteiger partial charge is 0.0227 e. The number of nitrogens with one attached hydrogen (secondary N) is 1. The highest BCUT2D eigenvalue weighted by atomic mass is 14.9. The fourth-order valence-electron chi connectivity index (χ4n) is 1.95. The Morgan fingerprint density at radius 2 is 1.88 bits per heavy atom. The van der Waals surface area contributed by atoms with Gasteiger partial charge in [-0.1, -0.05) is 42.5 Å². The van der Waals surface area contributed by atoms with Gasteiger partial charge in [-0.15, -0.1) is 0 Å². The average molecular weight is 214 g/mol. The van der Waals surface area contributed by atoms with Crippen LogP contribution in [0.25, 0.3) is 10.8 Å². The molecule has 0 fully saturated rings. The SMILES string of the molecule is CNC(CN)Cc1ccc2ccccc2c1. The molecule has 0 radical (unpaired) electrons. The Bertz CT molecular complexity index is 461. The molecule has 0 spiro atoms. The van der Waals surface area contributed by atoms with Gasteiger partial charge in [0.15, 0.2) is 0 Å². The van der Waals surface area contributed by atoms with E-state index in [0.717, 1.165) is 6.42 Å². The normalized spacial score (nSPS) is 12.9. The highest BCUT2D eigenvalue weighted by molar-refractivity contribution is 5.82. The predicted octanol–water partition coefficient (Wildman–Crippen LogP) is 1.93. The minimum Gasteiger partial charge on any atom is -0.329 e. The fraction of sp³-hybridized carbons (Fsp3) is 0.286. The summed E-state index contributed by atoms with van der Waals surface area (Å²) in [6, 6.07) is 15.4. The van der Waals surface area contributed by atoms with Gasteiger partial charge in [-0.2, -0.15) is 0 Å². The molecule has 0 aliphatic rings. The van der Waals surface area contributed by atoms with Crippen molar-refractivity contribution in [3.05, 3.63) is 48.0 Å².